The first-order valence-electron chi connectivity index (χ1n) is 10.8. The van der Waals surface area contributed by atoms with Gasteiger partial charge in [0, 0.05) is 31.9 Å². The van der Waals surface area contributed by atoms with Gasteiger partial charge in [0.15, 0.2) is 5.96 Å². The van der Waals surface area contributed by atoms with E-state index in [1.54, 1.807) is 12.0 Å². The van der Waals surface area contributed by atoms with Gasteiger partial charge in [0.2, 0.25) is 0 Å². The molecule has 0 spiro atoms. The zero-order valence-corrected chi connectivity index (χ0v) is 21.2. The van der Waals surface area contributed by atoms with Crippen LogP contribution in [0.15, 0.2) is 41.5 Å². The number of benzene rings is 1. The van der Waals surface area contributed by atoms with E-state index in [0.717, 1.165) is 42.5 Å². The van der Waals surface area contributed by atoms with E-state index in [2.05, 4.69) is 20.7 Å². The number of hydrogen-bond donors (Lipinski definition) is 2. The minimum Gasteiger partial charge on any atom is -0.497 e. The van der Waals surface area contributed by atoms with Gasteiger partial charge >= 0.3 is 6.09 Å². The molecule has 0 aliphatic carbocycles. The zero-order valence-electron chi connectivity index (χ0n) is 18.9. The molecule has 1 aliphatic rings. The number of amides is 1. The monoisotopic (exact) mass is 556 g/mol. The maximum Gasteiger partial charge on any atom is 0.409 e. The molecule has 2 heterocycles. The number of methoxy groups -OCH3 is 1. The summed E-state index contributed by atoms with van der Waals surface area (Å²) in [6.07, 6.45) is 3.41. The number of nitrogens with one attached hydrogen (secondary N) is 2. The molecule has 176 valence electrons. The van der Waals surface area contributed by atoms with Gasteiger partial charge in [-0.05, 0) is 57.0 Å². The molecule has 2 aromatic rings. The number of aromatic nitrogens is 2. The Hall–Kier alpha value is -2.50. The van der Waals surface area contributed by atoms with Crippen LogP contribution in [-0.2, 0) is 11.3 Å². The van der Waals surface area contributed by atoms with Crippen LogP contribution in [-0.4, -0.2) is 66.1 Å². The van der Waals surface area contributed by atoms with Crippen LogP contribution in [0.5, 0.6) is 5.75 Å². The predicted octanol–water partition coefficient (Wildman–Crippen LogP) is 3.17. The van der Waals surface area contributed by atoms with Crippen LogP contribution in [0.2, 0.25) is 0 Å². The van der Waals surface area contributed by atoms with Gasteiger partial charge in [0.25, 0.3) is 0 Å². The van der Waals surface area contributed by atoms with E-state index < -0.39 is 0 Å². The molecule has 9 nitrogen and oxygen atoms in total. The highest BCUT2D eigenvalue weighted by Crippen LogP contribution is 2.15. The number of aliphatic imine (C=N–C) groups is 1. The van der Waals surface area contributed by atoms with Crippen molar-refractivity contribution in [2.75, 3.05) is 33.4 Å². The van der Waals surface area contributed by atoms with Crippen molar-refractivity contribution in [1.82, 2.24) is 25.3 Å². The van der Waals surface area contributed by atoms with Crippen molar-refractivity contribution < 1.29 is 14.3 Å². The normalized spacial score (nSPS) is 14.5. The molecule has 1 amide bonds. The predicted molar refractivity (Wildman–Crippen MR) is 135 cm³/mol. The number of nitrogens with zero attached hydrogens (tertiary/aromatic N) is 4. The third-order valence-electron chi connectivity index (χ3n) is 5.09. The number of piperidine rings is 1. The van der Waals surface area contributed by atoms with Crippen LogP contribution in [0.3, 0.4) is 0 Å². The lowest BCUT2D eigenvalue weighted by atomic mass is 10.1. The molecule has 0 bridgehead atoms. The summed E-state index contributed by atoms with van der Waals surface area (Å²) in [6.45, 7) is 6.88. The lowest BCUT2D eigenvalue weighted by Gasteiger charge is -2.32. The average Bonchev–Trinajstić information content (AvgIpc) is 3.27. The van der Waals surface area contributed by atoms with Crippen LogP contribution >= 0.6 is 24.0 Å². The molecule has 1 aromatic carbocycles. The van der Waals surface area contributed by atoms with Gasteiger partial charge in [-0.1, -0.05) is 0 Å². The Balaban J connectivity index is 0.00000363. The van der Waals surface area contributed by atoms with Crippen LogP contribution in [0.4, 0.5) is 4.79 Å². The van der Waals surface area contributed by atoms with E-state index >= 15 is 0 Å². The van der Waals surface area contributed by atoms with Crippen molar-refractivity contribution in [1.29, 1.82) is 0 Å². The van der Waals surface area contributed by atoms with Crippen LogP contribution in [0, 0.1) is 0 Å². The highest BCUT2D eigenvalue weighted by molar-refractivity contribution is 14.0. The molecule has 2 N–H and O–H groups in total. The smallest absolute Gasteiger partial charge is 0.409 e. The van der Waals surface area contributed by atoms with Crippen molar-refractivity contribution in [3.63, 3.8) is 0 Å². The third-order valence-corrected chi connectivity index (χ3v) is 5.09. The van der Waals surface area contributed by atoms with E-state index in [9.17, 15) is 4.79 Å². The van der Waals surface area contributed by atoms with Crippen LogP contribution < -0.4 is 15.4 Å². The first-order chi connectivity index (χ1) is 15.1. The standard InChI is InChI=1S/C22H32N6O3.HI/c1-4-23-21(25-17-10-13-27(14-11-17)22(29)31-5-2)24-16-18-12-15-28(26-18)19-6-8-20(30-3)9-7-19;/h6-9,12,15,17H,4-5,10-11,13-14,16H2,1-3H3,(H2,23,24,25);1H. The second-order valence-electron chi connectivity index (χ2n) is 7.25. The number of halogens is 1. The number of rotatable bonds is 7. The first-order valence-corrected chi connectivity index (χ1v) is 10.8. The summed E-state index contributed by atoms with van der Waals surface area (Å²) in [7, 11) is 1.65. The molecule has 1 aromatic heterocycles. The molecule has 32 heavy (non-hydrogen) atoms. The fourth-order valence-corrected chi connectivity index (χ4v) is 3.42. The van der Waals surface area contributed by atoms with E-state index in [4.69, 9.17) is 9.47 Å². The molecule has 1 saturated heterocycles. The lowest BCUT2D eigenvalue weighted by molar-refractivity contribution is 0.0963. The van der Waals surface area contributed by atoms with Gasteiger partial charge in [-0.15, -0.1) is 24.0 Å². The number of carbonyl (C=O) groups is 1. The third kappa shape index (κ3) is 7.28. The molecular weight excluding hydrogens is 523 g/mol. The molecular formula is C22H33IN6O3. The Kier molecular flexibility index (Phi) is 10.6. The SMILES string of the molecule is CCNC(=NCc1ccn(-c2ccc(OC)cc2)n1)NC1CCN(C(=O)OCC)CC1.I. The Morgan fingerprint density at radius 2 is 1.91 bits per heavy atom. The summed E-state index contributed by atoms with van der Waals surface area (Å²) in [5.74, 6) is 1.58. The number of carbonyl (C=O) groups excluding carboxylic acids is 1. The summed E-state index contributed by atoms with van der Waals surface area (Å²) in [5, 5.41) is 11.4. The molecule has 10 heteroatoms. The van der Waals surface area contributed by atoms with Gasteiger partial charge in [-0.2, -0.15) is 5.10 Å². The summed E-state index contributed by atoms with van der Waals surface area (Å²) in [4.78, 5) is 18.3. The van der Waals surface area contributed by atoms with Gasteiger partial charge in [-0.3, -0.25) is 0 Å². The number of ether oxygens (including phenoxy) is 2. The van der Waals surface area contributed by atoms with Gasteiger partial charge in [0.05, 0.1) is 31.6 Å². The minimum absolute atomic E-state index is 0. The van der Waals surface area contributed by atoms with Crippen molar-refractivity contribution in [3.05, 3.63) is 42.2 Å². The molecule has 0 saturated carbocycles. The number of guanidine groups is 1. The first kappa shape index (κ1) is 25.8. The maximum atomic E-state index is 11.9. The largest absolute Gasteiger partial charge is 0.497 e. The Bertz CT molecular complexity index is 863. The van der Waals surface area contributed by atoms with E-state index in [-0.39, 0.29) is 36.1 Å². The molecule has 0 atom stereocenters. The van der Waals surface area contributed by atoms with Crippen LogP contribution in [0.1, 0.15) is 32.4 Å². The molecule has 1 fully saturated rings. The maximum absolute atomic E-state index is 11.9. The van der Waals surface area contributed by atoms with Crippen molar-refractivity contribution in [2.24, 2.45) is 4.99 Å². The Labute approximate surface area is 206 Å². The highest BCUT2D eigenvalue weighted by Gasteiger charge is 2.24. The summed E-state index contributed by atoms with van der Waals surface area (Å²) in [6, 6.07) is 9.99. The van der Waals surface area contributed by atoms with Gasteiger partial charge in [0.1, 0.15) is 5.75 Å². The van der Waals surface area contributed by atoms with Crippen molar-refractivity contribution in [2.45, 2.75) is 39.3 Å². The molecule has 3 rings (SSSR count). The zero-order chi connectivity index (χ0) is 22.1. The summed E-state index contributed by atoms with van der Waals surface area (Å²) >= 11 is 0. The van der Waals surface area contributed by atoms with Crippen molar-refractivity contribution in [3.8, 4) is 11.4 Å². The summed E-state index contributed by atoms with van der Waals surface area (Å²) in [5.41, 5.74) is 1.85. The fourth-order valence-electron chi connectivity index (χ4n) is 3.42. The number of hydrogen-bond acceptors (Lipinski definition) is 5. The van der Waals surface area contributed by atoms with Gasteiger partial charge in [-0.25, -0.2) is 14.5 Å². The second kappa shape index (κ2) is 13.1. The second-order valence-corrected chi connectivity index (χ2v) is 7.25. The topological polar surface area (TPSA) is 93.0 Å². The van der Waals surface area contributed by atoms with E-state index in [1.165, 1.54) is 0 Å². The van der Waals surface area contributed by atoms with Crippen LogP contribution in [0.25, 0.3) is 5.69 Å². The summed E-state index contributed by atoms with van der Waals surface area (Å²) < 4.78 is 12.1. The Morgan fingerprint density at radius 1 is 1.19 bits per heavy atom. The quantitative estimate of drug-likeness (QED) is 0.309. The molecule has 0 radical (unpaired) electrons. The minimum atomic E-state index is -0.228. The molecule has 0 unspecified atom stereocenters. The molecule has 1 aliphatic heterocycles. The number of likely N-dealkylation sites (tertiary alicyclic amines) is 1. The average molecular weight is 556 g/mol. The van der Waals surface area contributed by atoms with E-state index in [0.29, 0.717) is 26.2 Å². The fraction of sp³-hybridized carbons (Fsp3) is 0.500. The lowest BCUT2D eigenvalue weighted by Crippen LogP contribution is -2.49. The highest BCUT2D eigenvalue weighted by atomic mass is 127. The Morgan fingerprint density at radius 3 is 2.53 bits per heavy atom. The van der Waals surface area contributed by atoms with Crippen molar-refractivity contribution >= 4 is 36.0 Å². The van der Waals surface area contributed by atoms with Gasteiger partial charge < -0.3 is 25.0 Å². The van der Waals surface area contributed by atoms with E-state index in [1.807, 2.05) is 55.1 Å².